The van der Waals surface area contributed by atoms with Crippen molar-refractivity contribution >= 4 is 27.5 Å². The van der Waals surface area contributed by atoms with Gasteiger partial charge in [-0.05, 0) is 12.1 Å². The van der Waals surface area contributed by atoms with E-state index < -0.39 is 0 Å². The van der Waals surface area contributed by atoms with E-state index in [9.17, 15) is 4.79 Å². The highest BCUT2D eigenvalue weighted by Gasteiger charge is 2.02. The summed E-state index contributed by atoms with van der Waals surface area (Å²) in [7, 11) is 1.59. The molecule has 0 atom stereocenters. The van der Waals surface area contributed by atoms with Crippen LogP contribution in [0.25, 0.3) is 0 Å². The second kappa shape index (κ2) is 7.09. The molecular weight excluding hydrogens is 284 g/mol. The summed E-state index contributed by atoms with van der Waals surface area (Å²) in [5, 5.41) is 5.71. The zero-order chi connectivity index (χ0) is 12.7. The van der Waals surface area contributed by atoms with E-state index in [0.717, 1.165) is 4.48 Å². The van der Waals surface area contributed by atoms with Crippen LogP contribution in [0.3, 0.4) is 0 Å². The maximum Gasteiger partial charge on any atom is 0.238 e. The van der Waals surface area contributed by atoms with Crippen LogP contribution >= 0.6 is 15.9 Å². The summed E-state index contributed by atoms with van der Waals surface area (Å²) in [6, 6.07) is 7.22. The average molecular weight is 299 g/mol. The van der Waals surface area contributed by atoms with E-state index in [-0.39, 0.29) is 12.5 Å². The van der Waals surface area contributed by atoms with Crippen molar-refractivity contribution in [1.82, 2.24) is 5.32 Å². The van der Waals surface area contributed by atoms with Gasteiger partial charge in [-0.3, -0.25) is 4.79 Å². The van der Waals surface area contributed by atoms with Gasteiger partial charge in [0.1, 0.15) is 5.75 Å². The third-order valence-corrected chi connectivity index (χ3v) is 2.24. The lowest BCUT2D eigenvalue weighted by Gasteiger charge is -2.07. The Morgan fingerprint density at radius 1 is 1.47 bits per heavy atom. The van der Waals surface area contributed by atoms with Gasteiger partial charge in [-0.15, -0.1) is 0 Å². The van der Waals surface area contributed by atoms with Gasteiger partial charge in [-0.2, -0.15) is 0 Å². The first kappa shape index (κ1) is 13.7. The standard InChI is InChI=1S/C12H15BrN2O2/c1-9(13)7-14-8-12(16)15-10-4-3-5-11(6-10)17-2/h3-6,14H,1,7-8H2,2H3,(H,15,16). The summed E-state index contributed by atoms with van der Waals surface area (Å²) in [4.78, 5) is 11.5. The van der Waals surface area contributed by atoms with Crippen LogP contribution < -0.4 is 15.4 Å². The number of nitrogens with one attached hydrogen (secondary N) is 2. The number of methoxy groups -OCH3 is 1. The molecule has 0 fully saturated rings. The van der Waals surface area contributed by atoms with Crippen LogP contribution in [0.5, 0.6) is 5.75 Å². The second-order valence-electron chi connectivity index (χ2n) is 3.40. The molecule has 0 saturated heterocycles. The molecule has 1 aromatic carbocycles. The molecule has 0 spiro atoms. The molecule has 0 aromatic heterocycles. The highest BCUT2D eigenvalue weighted by molar-refractivity contribution is 9.11. The lowest BCUT2D eigenvalue weighted by molar-refractivity contribution is -0.115. The van der Waals surface area contributed by atoms with Crippen molar-refractivity contribution in [2.24, 2.45) is 0 Å². The normalized spacial score (nSPS) is 9.76. The first-order valence-corrected chi connectivity index (χ1v) is 5.89. The first-order valence-electron chi connectivity index (χ1n) is 5.09. The molecule has 1 aromatic rings. The predicted molar refractivity (Wildman–Crippen MR) is 72.6 cm³/mol. The minimum atomic E-state index is -0.105. The number of anilines is 1. The fourth-order valence-electron chi connectivity index (χ4n) is 1.22. The second-order valence-corrected chi connectivity index (χ2v) is 4.52. The van der Waals surface area contributed by atoms with Crippen LogP contribution in [0, 0.1) is 0 Å². The smallest absolute Gasteiger partial charge is 0.238 e. The molecule has 0 aliphatic carbocycles. The van der Waals surface area contributed by atoms with Gasteiger partial charge in [0.05, 0.1) is 13.7 Å². The lowest BCUT2D eigenvalue weighted by Crippen LogP contribution is -2.28. The zero-order valence-electron chi connectivity index (χ0n) is 9.63. The summed E-state index contributed by atoms with van der Waals surface area (Å²) >= 11 is 3.21. The minimum absolute atomic E-state index is 0.105. The van der Waals surface area contributed by atoms with Crippen molar-refractivity contribution in [3.8, 4) is 5.75 Å². The number of rotatable bonds is 6. The SMILES string of the molecule is C=C(Br)CNCC(=O)Nc1cccc(OC)c1. The van der Waals surface area contributed by atoms with Crippen molar-refractivity contribution in [1.29, 1.82) is 0 Å². The van der Waals surface area contributed by atoms with E-state index in [1.807, 2.05) is 18.2 Å². The number of benzene rings is 1. The van der Waals surface area contributed by atoms with Crippen LogP contribution in [0.1, 0.15) is 0 Å². The molecule has 1 amide bonds. The molecule has 0 unspecified atom stereocenters. The molecule has 92 valence electrons. The van der Waals surface area contributed by atoms with Crippen LogP contribution in [0.15, 0.2) is 35.3 Å². The molecule has 0 saturated carbocycles. The fraction of sp³-hybridized carbons (Fsp3) is 0.250. The molecule has 0 aliphatic rings. The Balaban J connectivity index is 2.42. The molecule has 0 aliphatic heterocycles. The number of carbonyl (C=O) groups excluding carboxylic acids is 1. The summed E-state index contributed by atoms with van der Waals surface area (Å²) in [5.41, 5.74) is 0.716. The molecule has 2 N–H and O–H groups in total. The van der Waals surface area contributed by atoms with Crippen molar-refractivity contribution in [3.05, 3.63) is 35.3 Å². The maximum absolute atomic E-state index is 11.5. The Hall–Kier alpha value is -1.33. The Morgan fingerprint density at radius 2 is 2.24 bits per heavy atom. The summed E-state index contributed by atoms with van der Waals surface area (Å²) in [6.45, 7) is 4.46. The van der Waals surface area contributed by atoms with Gasteiger partial charge in [0, 0.05) is 22.8 Å². The van der Waals surface area contributed by atoms with Crippen molar-refractivity contribution in [3.63, 3.8) is 0 Å². The van der Waals surface area contributed by atoms with Crippen molar-refractivity contribution in [2.75, 3.05) is 25.5 Å². The van der Waals surface area contributed by atoms with E-state index in [1.165, 1.54) is 0 Å². The Kier molecular flexibility index (Phi) is 5.72. The summed E-state index contributed by atoms with van der Waals surface area (Å²) in [6.07, 6.45) is 0. The Labute approximate surface area is 109 Å². The monoisotopic (exact) mass is 298 g/mol. The number of halogens is 1. The predicted octanol–water partition coefficient (Wildman–Crippen LogP) is 2.13. The number of ether oxygens (including phenoxy) is 1. The zero-order valence-corrected chi connectivity index (χ0v) is 11.2. The number of hydrogen-bond donors (Lipinski definition) is 2. The molecule has 0 heterocycles. The summed E-state index contributed by atoms with van der Waals surface area (Å²) < 4.78 is 5.88. The van der Waals surface area contributed by atoms with Crippen LogP contribution in [0.2, 0.25) is 0 Å². The van der Waals surface area contributed by atoms with Gasteiger partial charge in [0.2, 0.25) is 5.91 Å². The highest BCUT2D eigenvalue weighted by Crippen LogP contribution is 2.16. The third kappa shape index (κ3) is 5.51. The fourth-order valence-corrected chi connectivity index (χ4v) is 1.42. The van der Waals surface area contributed by atoms with Gasteiger partial charge in [0.25, 0.3) is 0 Å². The first-order chi connectivity index (χ1) is 8.11. The summed E-state index contributed by atoms with van der Waals surface area (Å²) in [5.74, 6) is 0.608. The van der Waals surface area contributed by atoms with Gasteiger partial charge in [-0.25, -0.2) is 0 Å². The highest BCUT2D eigenvalue weighted by atomic mass is 79.9. The van der Waals surface area contributed by atoms with Gasteiger partial charge < -0.3 is 15.4 Å². The van der Waals surface area contributed by atoms with E-state index in [4.69, 9.17) is 4.74 Å². The Bertz CT molecular complexity index is 407. The third-order valence-electron chi connectivity index (χ3n) is 1.96. The van der Waals surface area contributed by atoms with Crippen LogP contribution in [0.4, 0.5) is 5.69 Å². The van der Waals surface area contributed by atoms with Crippen LogP contribution in [-0.4, -0.2) is 26.1 Å². The quantitative estimate of drug-likeness (QED) is 0.846. The van der Waals surface area contributed by atoms with Gasteiger partial charge >= 0.3 is 0 Å². The van der Waals surface area contributed by atoms with Crippen LogP contribution in [-0.2, 0) is 4.79 Å². The average Bonchev–Trinajstić information content (AvgIpc) is 2.28. The topological polar surface area (TPSA) is 50.4 Å². The number of amides is 1. The Morgan fingerprint density at radius 3 is 2.88 bits per heavy atom. The van der Waals surface area contributed by atoms with Gasteiger partial charge in [-0.1, -0.05) is 28.6 Å². The molecule has 0 bridgehead atoms. The van der Waals surface area contributed by atoms with E-state index in [1.54, 1.807) is 13.2 Å². The van der Waals surface area contributed by atoms with Crippen molar-refractivity contribution < 1.29 is 9.53 Å². The van der Waals surface area contributed by atoms with E-state index in [0.29, 0.717) is 18.0 Å². The molecule has 0 radical (unpaired) electrons. The maximum atomic E-state index is 11.5. The molecule has 5 heteroatoms. The van der Waals surface area contributed by atoms with Crippen molar-refractivity contribution in [2.45, 2.75) is 0 Å². The van der Waals surface area contributed by atoms with Gasteiger partial charge in [0.15, 0.2) is 0 Å². The molecule has 17 heavy (non-hydrogen) atoms. The molecule has 4 nitrogen and oxygen atoms in total. The lowest BCUT2D eigenvalue weighted by atomic mass is 10.3. The number of hydrogen-bond acceptors (Lipinski definition) is 3. The minimum Gasteiger partial charge on any atom is -0.497 e. The van der Waals surface area contributed by atoms with E-state index >= 15 is 0 Å². The molecular formula is C12H15BrN2O2. The number of carbonyl (C=O) groups is 1. The largest absolute Gasteiger partial charge is 0.497 e. The molecule has 1 rings (SSSR count). The van der Waals surface area contributed by atoms with E-state index in [2.05, 4.69) is 33.1 Å².